The maximum atomic E-state index is 10.6. The van der Waals surface area contributed by atoms with Crippen molar-refractivity contribution in [2.75, 3.05) is 25.1 Å². The van der Waals surface area contributed by atoms with Crippen molar-refractivity contribution < 1.29 is 9.53 Å². The summed E-state index contributed by atoms with van der Waals surface area (Å²) < 4.78 is 5.65. The summed E-state index contributed by atoms with van der Waals surface area (Å²) in [5.41, 5.74) is 1.74. The first-order valence-electron chi connectivity index (χ1n) is 6.43. The zero-order valence-electron chi connectivity index (χ0n) is 11.9. The number of carbonyl (C=O) groups is 1. The topological polar surface area (TPSA) is 42.4 Å². The number of hydrogen-bond donors (Lipinski definition) is 0. The third kappa shape index (κ3) is 3.57. The molecule has 0 spiro atoms. The highest BCUT2D eigenvalue weighted by Crippen LogP contribution is 2.23. The Labute approximate surface area is 123 Å². The van der Waals surface area contributed by atoms with Crippen molar-refractivity contribution in [2.24, 2.45) is 0 Å². The Hall–Kier alpha value is -1.88. The van der Waals surface area contributed by atoms with Crippen LogP contribution >= 0.6 is 11.3 Å². The number of ether oxygens (including phenoxy) is 1. The third-order valence-electron chi connectivity index (χ3n) is 3.06. The van der Waals surface area contributed by atoms with Gasteiger partial charge in [-0.3, -0.25) is 4.79 Å². The summed E-state index contributed by atoms with van der Waals surface area (Å²) in [7, 11) is 2.01. The quantitative estimate of drug-likeness (QED) is 0.767. The van der Waals surface area contributed by atoms with Crippen LogP contribution in [0.15, 0.2) is 24.3 Å². The molecule has 0 aliphatic rings. The Bertz CT molecular complexity index is 559. The fourth-order valence-electron chi connectivity index (χ4n) is 1.66. The van der Waals surface area contributed by atoms with Crippen LogP contribution < -0.4 is 9.64 Å². The van der Waals surface area contributed by atoms with E-state index in [0.29, 0.717) is 12.2 Å². The minimum atomic E-state index is 0.578. The van der Waals surface area contributed by atoms with Crippen LogP contribution in [0.1, 0.15) is 20.9 Å². The smallest absolute Gasteiger partial charge is 0.185 e. The number of aldehydes is 1. The van der Waals surface area contributed by atoms with E-state index in [4.69, 9.17) is 4.74 Å². The standard InChI is InChI=1S/C15H18N2O2S/c1-11-12(2)20-15(16-11)17(3)8-9-19-14-6-4-13(10-18)5-7-14/h4-7,10H,8-9H2,1-3H3. The highest BCUT2D eigenvalue weighted by atomic mass is 32.1. The van der Waals surface area contributed by atoms with Gasteiger partial charge in [0, 0.05) is 17.5 Å². The van der Waals surface area contributed by atoms with Gasteiger partial charge in [-0.25, -0.2) is 4.98 Å². The fraction of sp³-hybridized carbons (Fsp3) is 0.333. The highest BCUT2D eigenvalue weighted by molar-refractivity contribution is 7.15. The van der Waals surface area contributed by atoms with Crippen molar-refractivity contribution in [3.8, 4) is 5.75 Å². The summed E-state index contributed by atoms with van der Waals surface area (Å²) in [6.07, 6.45) is 0.824. The van der Waals surface area contributed by atoms with Crippen molar-refractivity contribution in [2.45, 2.75) is 13.8 Å². The molecule has 4 nitrogen and oxygen atoms in total. The van der Waals surface area contributed by atoms with Crippen molar-refractivity contribution in [1.82, 2.24) is 4.98 Å². The molecule has 1 heterocycles. The van der Waals surface area contributed by atoms with Gasteiger partial charge in [0.1, 0.15) is 18.6 Å². The van der Waals surface area contributed by atoms with Gasteiger partial charge in [0.15, 0.2) is 5.13 Å². The van der Waals surface area contributed by atoms with Crippen molar-refractivity contribution in [3.05, 3.63) is 40.4 Å². The summed E-state index contributed by atoms with van der Waals surface area (Å²) in [5, 5.41) is 1.01. The van der Waals surface area contributed by atoms with Crippen LogP contribution in [-0.2, 0) is 0 Å². The molecule has 0 radical (unpaired) electrons. The average molecular weight is 290 g/mol. The molecule has 0 aliphatic heterocycles. The van der Waals surface area contributed by atoms with E-state index in [-0.39, 0.29) is 0 Å². The number of rotatable bonds is 6. The predicted molar refractivity (Wildman–Crippen MR) is 82.2 cm³/mol. The number of carbonyl (C=O) groups excluding carboxylic acids is 1. The zero-order chi connectivity index (χ0) is 14.5. The van der Waals surface area contributed by atoms with Crippen LogP contribution in [0, 0.1) is 13.8 Å². The molecule has 0 saturated heterocycles. The highest BCUT2D eigenvalue weighted by Gasteiger charge is 2.08. The number of benzene rings is 1. The van der Waals surface area contributed by atoms with E-state index in [0.717, 1.165) is 29.4 Å². The number of likely N-dealkylation sites (N-methyl/N-ethyl adjacent to an activating group) is 1. The van der Waals surface area contributed by atoms with E-state index < -0.39 is 0 Å². The summed E-state index contributed by atoms with van der Waals surface area (Å²) in [4.78, 5) is 18.4. The normalized spacial score (nSPS) is 10.3. The molecule has 0 fully saturated rings. The summed E-state index contributed by atoms with van der Waals surface area (Å²) in [6.45, 7) is 5.44. The van der Waals surface area contributed by atoms with Crippen molar-refractivity contribution >= 4 is 22.8 Å². The molecule has 1 aromatic heterocycles. The van der Waals surface area contributed by atoms with Gasteiger partial charge in [-0.1, -0.05) is 0 Å². The minimum absolute atomic E-state index is 0.578. The Morgan fingerprint density at radius 2 is 2.00 bits per heavy atom. The Morgan fingerprint density at radius 3 is 2.55 bits per heavy atom. The van der Waals surface area contributed by atoms with E-state index >= 15 is 0 Å². The van der Waals surface area contributed by atoms with Gasteiger partial charge in [-0.15, -0.1) is 11.3 Å². The molecule has 1 aromatic carbocycles. The van der Waals surface area contributed by atoms with E-state index in [1.807, 2.05) is 14.0 Å². The Kier molecular flexibility index (Phi) is 4.74. The van der Waals surface area contributed by atoms with Crippen LogP contribution in [-0.4, -0.2) is 31.5 Å². The number of aryl methyl sites for hydroxylation is 2. The van der Waals surface area contributed by atoms with Crippen LogP contribution in [0.5, 0.6) is 5.75 Å². The molecule has 0 unspecified atom stereocenters. The minimum Gasteiger partial charge on any atom is -0.492 e. The van der Waals surface area contributed by atoms with Gasteiger partial charge in [0.05, 0.1) is 12.2 Å². The van der Waals surface area contributed by atoms with Gasteiger partial charge in [-0.2, -0.15) is 0 Å². The molecule has 0 atom stereocenters. The Balaban J connectivity index is 1.84. The van der Waals surface area contributed by atoms with Gasteiger partial charge in [0.2, 0.25) is 0 Å². The second kappa shape index (κ2) is 6.52. The maximum Gasteiger partial charge on any atom is 0.185 e. The molecule has 0 bridgehead atoms. The van der Waals surface area contributed by atoms with Gasteiger partial charge in [0.25, 0.3) is 0 Å². The van der Waals surface area contributed by atoms with Crippen molar-refractivity contribution in [1.29, 1.82) is 0 Å². The lowest BCUT2D eigenvalue weighted by Crippen LogP contribution is -2.23. The van der Waals surface area contributed by atoms with Crippen LogP contribution in [0.25, 0.3) is 0 Å². The van der Waals surface area contributed by atoms with E-state index in [1.54, 1.807) is 35.6 Å². The predicted octanol–water partition coefficient (Wildman–Crippen LogP) is 3.09. The molecular formula is C15H18N2O2S. The second-order valence-electron chi connectivity index (χ2n) is 4.59. The summed E-state index contributed by atoms with van der Waals surface area (Å²) in [6, 6.07) is 7.11. The first-order valence-corrected chi connectivity index (χ1v) is 7.25. The van der Waals surface area contributed by atoms with E-state index in [1.165, 1.54) is 4.88 Å². The fourth-order valence-corrected chi connectivity index (χ4v) is 2.55. The molecule has 0 amide bonds. The second-order valence-corrected chi connectivity index (χ2v) is 5.78. The van der Waals surface area contributed by atoms with Gasteiger partial charge >= 0.3 is 0 Å². The molecule has 20 heavy (non-hydrogen) atoms. The number of nitrogens with zero attached hydrogens (tertiary/aromatic N) is 2. The zero-order valence-corrected chi connectivity index (χ0v) is 12.7. The lowest BCUT2D eigenvalue weighted by Gasteiger charge is -2.16. The molecule has 2 aromatic rings. The molecule has 0 N–H and O–H groups in total. The van der Waals surface area contributed by atoms with Crippen LogP contribution in [0.3, 0.4) is 0 Å². The number of hydrogen-bond acceptors (Lipinski definition) is 5. The monoisotopic (exact) mass is 290 g/mol. The SMILES string of the molecule is Cc1nc(N(C)CCOc2ccc(C=O)cc2)sc1C. The molecule has 2 rings (SSSR count). The van der Waals surface area contributed by atoms with Crippen LogP contribution in [0.2, 0.25) is 0 Å². The maximum absolute atomic E-state index is 10.6. The average Bonchev–Trinajstić information content (AvgIpc) is 2.79. The summed E-state index contributed by atoms with van der Waals surface area (Å²) >= 11 is 1.69. The summed E-state index contributed by atoms with van der Waals surface area (Å²) in [5.74, 6) is 0.774. The Morgan fingerprint density at radius 1 is 1.30 bits per heavy atom. The largest absolute Gasteiger partial charge is 0.492 e. The number of aromatic nitrogens is 1. The molecular weight excluding hydrogens is 272 g/mol. The molecule has 5 heteroatoms. The van der Waals surface area contributed by atoms with Crippen molar-refractivity contribution in [3.63, 3.8) is 0 Å². The lowest BCUT2D eigenvalue weighted by atomic mass is 10.2. The molecule has 106 valence electrons. The first kappa shape index (κ1) is 14.5. The number of thiazole rings is 1. The third-order valence-corrected chi connectivity index (χ3v) is 4.24. The van der Waals surface area contributed by atoms with Gasteiger partial charge < -0.3 is 9.64 Å². The molecule has 0 saturated carbocycles. The first-order chi connectivity index (χ1) is 9.60. The number of anilines is 1. The van der Waals surface area contributed by atoms with Crippen LogP contribution in [0.4, 0.5) is 5.13 Å². The van der Waals surface area contributed by atoms with Gasteiger partial charge in [-0.05, 0) is 38.1 Å². The lowest BCUT2D eigenvalue weighted by molar-refractivity contribution is 0.112. The van der Waals surface area contributed by atoms with E-state index in [2.05, 4.69) is 16.8 Å². The molecule has 0 aliphatic carbocycles. The van der Waals surface area contributed by atoms with E-state index in [9.17, 15) is 4.79 Å².